The molecule has 3 aromatic rings. The van der Waals surface area contributed by atoms with Crippen molar-refractivity contribution in [2.24, 2.45) is 0 Å². The molecule has 1 aromatic heterocycles. The van der Waals surface area contributed by atoms with Crippen molar-refractivity contribution in [1.29, 1.82) is 0 Å². The minimum absolute atomic E-state index is 0.0368. The highest BCUT2D eigenvalue weighted by atomic mass is 16.5. The van der Waals surface area contributed by atoms with Gasteiger partial charge in [-0.25, -0.2) is 0 Å². The van der Waals surface area contributed by atoms with Gasteiger partial charge in [0.25, 0.3) is 5.91 Å². The smallest absolute Gasteiger partial charge is 0.251 e. The van der Waals surface area contributed by atoms with Gasteiger partial charge in [0.15, 0.2) is 0 Å². The van der Waals surface area contributed by atoms with Crippen molar-refractivity contribution in [2.75, 3.05) is 44.3 Å². The Labute approximate surface area is 170 Å². The van der Waals surface area contributed by atoms with Gasteiger partial charge >= 0.3 is 0 Å². The van der Waals surface area contributed by atoms with Crippen LogP contribution >= 0.6 is 0 Å². The number of H-pyrrole nitrogens is 1. The molecule has 2 heterocycles. The first kappa shape index (κ1) is 19.4. The molecule has 0 radical (unpaired) electrons. The highest BCUT2D eigenvalue weighted by Crippen LogP contribution is 2.18. The SMILES string of the molecule is O=C(/C=C/c1n[nH]c2ccccc12)N(CCCN1CCOCC1)c1ccccc1. The number of rotatable bonds is 7. The fourth-order valence-electron chi connectivity index (χ4n) is 3.60. The van der Waals surface area contributed by atoms with Crippen molar-refractivity contribution in [2.45, 2.75) is 6.42 Å². The van der Waals surface area contributed by atoms with Crippen LogP contribution in [0.4, 0.5) is 5.69 Å². The third-order valence-electron chi connectivity index (χ3n) is 5.18. The highest BCUT2D eigenvalue weighted by Gasteiger charge is 2.15. The number of aromatic amines is 1. The van der Waals surface area contributed by atoms with E-state index in [1.165, 1.54) is 0 Å². The normalized spacial score (nSPS) is 15.2. The van der Waals surface area contributed by atoms with E-state index in [0.717, 1.165) is 61.6 Å². The molecule has 4 rings (SSSR count). The molecule has 0 spiro atoms. The van der Waals surface area contributed by atoms with Gasteiger partial charge < -0.3 is 9.64 Å². The van der Waals surface area contributed by atoms with Gasteiger partial charge in [-0.15, -0.1) is 0 Å². The number of ether oxygens (including phenoxy) is 1. The van der Waals surface area contributed by atoms with Crippen LogP contribution in [0.1, 0.15) is 12.1 Å². The van der Waals surface area contributed by atoms with E-state index in [4.69, 9.17) is 4.74 Å². The lowest BCUT2D eigenvalue weighted by molar-refractivity contribution is -0.114. The van der Waals surface area contributed by atoms with Crippen LogP contribution < -0.4 is 4.90 Å². The van der Waals surface area contributed by atoms with Crippen LogP contribution in [-0.2, 0) is 9.53 Å². The average Bonchev–Trinajstić information content (AvgIpc) is 3.19. The van der Waals surface area contributed by atoms with Crippen LogP contribution in [0.3, 0.4) is 0 Å². The van der Waals surface area contributed by atoms with Crippen LogP contribution in [0.15, 0.2) is 60.7 Å². The summed E-state index contributed by atoms with van der Waals surface area (Å²) in [5.41, 5.74) is 2.65. The quantitative estimate of drug-likeness (QED) is 0.629. The maximum Gasteiger partial charge on any atom is 0.251 e. The van der Waals surface area contributed by atoms with Gasteiger partial charge in [-0.2, -0.15) is 5.10 Å². The van der Waals surface area contributed by atoms with Crippen LogP contribution in [0.5, 0.6) is 0 Å². The molecule has 0 unspecified atom stereocenters. The lowest BCUT2D eigenvalue weighted by Crippen LogP contribution is -2.39. The van der Waals surface area contributed by atoms with Crippen LogP contribution in [-0.4, -0.2) is 60.4 Å². The largest absolute Gasteiger partial charge is 0.379 e. The predicted octanol–water partition coefficient (Wildman–Crippen LogP) is 3.33. The molecule has 29 heavy (non-hydrogen) atoms. The molecule has 6 heteroatoms. The van der Waals surface area contributed by atoms with Gasteiger partial charge in [0.2, 0.25) is 0 Å². The Morgan fingerprint density at radius 2 is 1.86 bits per heavy atom. The molecular formula is C23H26N4O2. The summed E-state index contributed by atoms with van der Waals surface area (Å²) in [4.78, 5) is 17.3. The Bertz CT molecular complexity index is 961. The second kappa shape index (κ2) is 9.49. The lowest BCUT2D eigenvalue weighted by atomic mass is 10.2. The number of carbonyl (C=O) groups excluding carboxylic acids is 1. The minimum atomic E-state index is -0.0368. The van der Waals surface area contributed by atoms with E-state index in [1.54, 1.807) is 12.2 Å². The Hall–Kier alpha value is -2.96. The summed E-state index contributed by atoms with van der Waals surface area (Å²) < 4.78 is 5.41. The van der Waals surface area contributed by atoms with E-state index < -0.39 is 0 Å². The molecule has 1 saturated heterocycles. The minimum Gasteiger partial charge on any atom is -0.379 e. The number of hydrogen-bond acceptors (Lipinski definition) is 4. The first-order chi connectivity index (χ1) is 14.3. The number of hydrogen-bond donors (Lipinski definition) is 1. The van der Waals surface area contributed by atoms with Gasteiger partial charge in [-0.3, -0.25) is 14.8 Å². The van der Waals surface area contributed by atoms with Crippen LogP contribution in [0.2, 0.25) is 0 Å². The Kier molecular flexibility index (Phi) is 6.34. The summed E-state index contributed by atoms with van der Waals surface area (Å²) >= 11 is 0. The Morgan fingerprint density at radius 3 is 2.69 bits per heavy atom. The summed E-state index contributed by atoms with van der Waals surface area (Å²) in [7, 11) is 0. The maximum absolute atomic E-state index is 13.0. The second-order valence-corrected chi connectivity index (χ2v) is 7.12. The zero-order valence-electron chi connectivity index (χ0n) is 16.5. The predicted molar refractivity (Wildman–Crippen MR) is 116 cm³/mol. The van der Waals surface area contributed by atoms with Crippen molar-refractivity contribution >= 4 is 28.6 Å². The number of benzene rings is 2. The molecule has 0 aliphatic carbocycles. The number of amides is 1. The summed E-state index contributed by atoms with van der Waals surface area (Å²) in [5.74, 6) is -0.0368. The van der Waals surface area contributed by atoms with E-state index in [0.29, 0.717) is 6.54 Å². The van der Waals surface area contributed by atoms with Crippen molar-refractivity contribution in [1.82, 2.24) is 15.1 Å². The third kappa shape index (κ3) is 4.91. The van der Waals surface area contributed by atoms with Crippen molar-refractivity contribution in [3.05, 3.63) is 66.4 Å². The van der Waals surface area contributed by atoms with E-state index >= 15 is 0 Å². The third-order valence-corrected chi connectivity index (χ3v) is 5.18. The maximum atomic E-state index is 13.0. The molecule has 1 amide bonds. The number of aromatic nitrogens is 2. The molecule has 150 valence electrons. The number of nitrogens with one attached hydrogen (secondary N) is 1. The molecule has 6 nitrogen and oxygen atoms in total. The molecule has 0 saturated carbocycles. The van der Waals surface area contributed by atoms with Gasteiger partial charge in [-0.1, -0.05) is 36.4 Å². The topological polar surface area (TPSA) is 61.5 Å². The number of nitrogens with zero attached hydrogens (tertiary/aromatic N) is 3. The molecule has 1 aliphatic heterocycles. The Morgan fingerprint density at radius 1 is 1.10 bits per heavy atom. The Balaban J connectivity index is 1.45. The molecular weight excluding hydrogens is 364 g/mol. The zero-order chi connectivity index (χ0) is 19.9. The van der Waals surface area contributed by atoms with E-state index in [2.05, 4.69) is 15.1 Å². The standard InChI is InChI=1S/C23H26N4O2/c28-23(12-11-22-20-9-4-5-10-21(20)24-25-22)27(19-7-2-1-3-8-19)14-6-13-26-15-17-29-18-16-26/h1-5,7-12H,6,13-18H2,(H,24,25)/b12-11+. The first-order valence-electron chi connectivity index (χ1n) is 10.1. The summed E-state index contributed by atoms with van der Waals surface area (Å²) in [6.07, 6.45) is 4.32. The van der Waals surface area contributed by atoms with Crippen molar-refractivity contribution < 1.29 is 9.53 Å². The molecule has 0 bridgehead atoms. The monoisotopic (exact) mass is 390 g/mol. The fraction of sp³-hybridized carbons (Fsp3) is 0.304. The summed E-state index contributed by atoms with van der Waals surface area (Å²) in [6.45, 7) is 5.15. The van der Waals surface area contributed by atoms with Crippen LogP contribution in [0.25, 0.3) is 17.0 Å². The lowest BCUT2D eigenvalue weighted by Gasteiger charge is -2.28. The van der Waals surface area contributed by atoms with E-state index in [1.807, 2.05) is 59.5 Å². The van der Waals surface area contributed by atoms with E-state index in [-0.39, 0.29) is 5.91 Å². The molecule has 2 aromatic carbocycles. The van der Waals surface area contributed by atoms with Crippen molar-refractivity contribution in [3.8, 4) is 0 Å². The highest BCUT2D eigenvalue weighted by molar-refractivity contribution is 6.04. The summed E-state index contributed by atoms with van der Waals surface area (Å²) in [5, 5.41) is 8.33. The van der Waals surface area contributed by atoms with Crippen LogP contribution in [0, 0.1) is 0 Å². The molecule has 1 fully saturated rings. The van der Waals surface area contributed by atoms with Gasteiger partial charge in [0.1, 0.15) is 0 Å². The second-order valence-electron chi connectivity index (χ2n) is 7.12. The first-order valence-corrected chi connectivity index (χ1v) is 10.1. The number of anilines is 1. The number of para-hydroxylation sites is 2. The summed E-state index contributed by atoms with van der Waals surface area (Å²) in [6, 6.07) is 17.7. The van der Waals surface area contributed by atoms with Crippen molar-refractivity contribution in [3.63, 3.8) is 0 Å². The number of morpholine rings is 1. The van der Waals surface area contributed by atoms with E-state index in [9.17, 15) is 4.79 Å². The number of carbonyl (C=O) groups is 1. The van der Waals surface area contributed by atoms with Gasteiger partial charge in [0.05, 0.1) is 24.4 Å². The average molecular weight is 390 g/mol. The fourth-order valence-corrected chi connectivity index (χ4v) is 3.60. The number of fused-ring (bicyclic) bond motifs is 1. The molecule has 1 aliphatic rings. The molecule has 1 N–H and O–H groups in total. The van der Waals surface area contributed by atoms with Gasteiger partial charge in [0, 0.05) is 43.3 Å². The molecule has 0 atom stereocenters. The zero-order valence-corrected chi connectivity index (χ0v) is 16.5. The van der Waals surface area contributed by atoms with Gasteiger partial charge in [-0.05, 0) is 30.7 Å².